The minimum Gasteiger partial charge on any atom is -0.550 e. The molecule has 0 radical (unpaired) electrons. The van der Waals surface area contributed by atoms with Gasteiger partial charge in [0, 0.05) is 5.97 Å². The average Bonchev–Trinajstić information content (AvgIpc) is 2.54. The molecule has 0 aliphatic heterocycles. The van der Waals surface area contributed by atoms with Crippen molar-refractivity contribution in [3.63, 3.8) is 0 Å². The fourth-order valence-electron chi connectivity index (χ4n) is 0.667. The first-order valence-electron chi connectivity index (χ1n) is 9.24. The number of hydrogen-bond acceptors (Lipinski definition) is 4. The summed E-state index contributed by atoms with van der Waals surface area (Å²) in [6, 6.07) is 0. The largest absolute Gasteiger partial charge is 0.550 e. The van der Waals surface area contributed by atoms with Crippen molar-refractivity contribution in [1.82, 2.24) is 0 Å². The number of carbonyl (C=O) groups excluding carboxylic acids is 2. The predicted molar refractivity (Wildman–Crippen MR) is 100 cm³/mol. The fraction of sp³-hybridized carbons (Fsp3) is 0.789. The van der Waals surface area contributed by atoms with Crippen molar-refractivity contribution in [2.24, 2.45) is 0 Å². The number of hydrogen-bond donors (Lipinski definition) is 2. The molecule has 0 heterocycles. The topological polar surface area (TPSA) is 89.1 Å². The smallest absolute Gasteiger partial charge is 0.0738 e. The van der Waals surface area contributed by atoms with Crippen molar-refractivity contribution < 1.29 is 29.6 Å². The molecule has 6 heteroatoms. The van der Waals surface area contributed by atoms with Crippen LogP contribution in [0.25, 0.3) is 0 Å². The summed E-state index contributed by atoms with van der Waals surface area (Å²) >= 11 is 0. The second-order valence-electron chi connectivity index (χ2n) is 6.11. The predicted octanol–water partition coefficient (Wildman–Crippen LogP) is -1.68. The first kappa shape index (κ1) is 31.4. The molecule has 0 unspecified atom stereocenters. The van der Waals surface area contributed by atoms with Gasteiger partial charge in [-0.05, 0) is 39.2 Å². The van der Waals surface area contributed by atoms with Crippen LogP contribution in [0.3, 0.4) is 0 Å². The van der Waals surface area contributed by atoms with Crippen LogP contribution in [0.1, 0.15) is 59.8 Å². The van der Waals surface area contributed by atoms with Gasteiger partial charge in [-0.3, -0.25) is 0 Å². The summed E-state index contributed by atoms with van der Waals surface area (Å²) in [6.45, 7) is 10.7. The Kier molecular flexibility index (Phi) is 34.4. The molecule has 0 rings (SSSR count). The number of carbonyl (C=O) groups is 2. The maximum atomic E-state index is 9.68. The molecule has 0 spiro atoms. The lowest BCUT2D eigenvalue weighted by atomic mass is 10.3. The summed E-state index contributed by atoms with van der Waals surface area (Å²) in [5, 5.41) is 19.3. The fourth-order valence-corrected chi connectivity index (χ4v) is 0.667. The van der Waals surface area contributed by atoms with Gasteiger partial charge >= 0.3 is 0 Å². The van der Waals surface area contributed by atoms with E-state index in [1.807, 2.05) is 13.8 Å². The van der Waals surface area contributed by atoms with Gasteiger partial charge in [-0.15, -0.1) is 0 Å². The van der Waals surface area contributed by atoms with E-state index in [2.05, 4.69) is 42.0 Å². The van der Waals surface area contributed by atoms with E-state index in [4.69, 9.17) is 0 Å². The molecule has 0 bridgehead atoms. The van der Waals surface area contributed by atoms with Gasteiger partial charge in [0.05, 0.1) is 47.2 Å². The maximum absolute atomic E-state index is 9.68. The zero-order chi connectivity index (χ0) is 20.7. The second kappa shape index (κ2) is 27.4. The Balaban J connectivity index is -0.000000120. The molecule has 6 nitrogen and oxygen atoms in total. The second-order valence-corrected chi connectivity index (χ2v) is 6.11. The van der Waals surface area contributed by atoms with E-state index in [0.29, 0.717) is 0 Å². The van der Waals surface area contributed by atoms with Crippen molar-refractivity contribution in [2.45, 2.75) is 59.8 Å². The van der Waals surface area contributed by atoms with Crippen LogP contribution in [-0.2, 0) is 9.59 Å². The number of carboxylic acids is 2. The molecule has 0 saturated heterocycles. The van der Waals surface area contributed by atoms with Crippen LogP contribution in [-0.4, -0.2) is 53.2 Å². The third-order valence-electron chi connectivity index (χ3n) is 2.86. The number of aliphatic carboxylic acids is 2. The molecule has 0 aromatic carbocycles. The van der Waals surface area contributed by atoms with Crippen molar-refractivity contribution in [2.75, 3.05) is 41.3 Å². The summed E-state index contributed by atoms with van der Waals surface area (Å²) in [6.07, 6.45) is 6.31. The van der Waals surface area contributed by atoms with Crippen LogP contribution >= 0.6 is 0 Å². The number of rotatable bonds is 8. The third kappa shape index (κ3) is 71.3. The normalized spacial score (nSPS) is 9.52. The van der Waals surface area contributed by atoms with E-state index in [9.17, 15) is 19.8 Å². The number of quaternary nitrogens is 2. The average molecular weight is 363 g/mol. The molecule has 0 aliphatic carbocycles. The lowest BCUT2D eigenvalue weighted by Crippen LogP contribution is -3.05. The quantitative estimate of drug-likeness (QED) is 0.505. The maximum Gasteiger partial charge on any atom is 0.0738 e. The van der Waals surface area contributed by atoms with Crippen LogP contribution in [0.4, 0.5) is 0 Å². The van der Waals surface area contributed by atoms with Crippen molar-refractivity contribution in [1.29, 1.82) is 0 Å². The Bertz CT molecular complexity index is 296. The van der Waals surface area contributed by atoms with Crippen molar-refractivity contribution in [3.8, 4) is 0 Å². The molecule has 0 fully saturated rings. The van der Waals surface area contributed by atoms with Crippen LogP contribution in [0.5, 0.6) is 0 Å². The summed E-state index contributed by atoms with van der Waals surface area (Å²) < 4.78 is 0. The van der Waals surface area contributed by atoms with Crippen molar-refractivity contribution >= 4 is 11.9 Å². The molecule has 0 atom stereocenters. The minimum absolute atomic E-state index is 0.205. The Labute approximate surface area is 155 Å². The molecule has 0 aliphatic rings. The number of carboxylic acid groups (broad SMARTS) is 2. The molecule has 2 N–H and O–H groups in total. The van der Waals surface area contributed by atoms with E-state index < -0.39 is 11.9 Å². The van der Waals surface area contributed by atoms with Gasteiger partial charge in [0.25, 0.3) is 0 Å². The summed E-state index contributed by atoms with van der Waals surface area (Å²) in [7, 11) is 8.56. The third-order valence-corrected chi connectivity index (χ3v) is 2.86. The van der Waals surface area contributed by atoms with Gasteiger partial charge in [0.15, 0.2) is 0 Å². The molecule has 0 amide bonds. The first-order chi connectivity index (χ1) is 11.6. The number of nitrogens with one attached hydrogen (secondary N) is 2. The van der Waals surface area contributed by atoms with E-state index in [1.54, 1.807) is 6.08 Å². The number of allylic oxidation sites excluding steroid dienone is 1. The van der Waals surface area contributed by atoms with Gasteiger partial charge in [-0.1, -0.05) is 32.8 Å². The van der Waals surface area contributed by atoms with Gasteiger partial charge < -0.3 is 29.6 Å². The van der Waals surface area contributed by atoms with Gasteiger partial charge in [0.2, 0.25) is 0 Å². The van der Waals surface area contributed by atoms with E-state index in [-0.39, 0.29) is 6.42 Å². The molecule has 0 saturated carbocycles. The van der Waals surface area contributed by atoms with Crippen LogP contribution < -0.4 is 20.0 Å². The molecular formula is C19H42N2O4. The van der Waals surface area contributed by atoms with E-state index in [0.717, 1.165) is 31.8 Å². The summed E-state index contributed by atoms with van der Waals surface area (Å²) in [5.74, 6) is -2.06. The lowest BCUT2D eigenvalue weighted by molar-refractivity contribution is -0.856. The zero-order valence-electron chi connectivity index (χ0n) is 17.7. The van der Waals surface area contributed by atoms with Gasteiger partial charge in [0.1, 0.15) is 0 Å². The highest BCUT2D eigenvalue weighted by Gasteiger charge is 1.80. The van der Waals surface area contributed by atoms with Crippen LogP contribution in [0, 0.1) is 0 Å². The Hall–Kier alpha value is -1.40. The molecule has 0 aromatic heterocycles. The van der Waals surface area contributed by atoms with Gasteiger partial charge in [-0.2, -0.15) is 0 Å². The Morgan fingerprint density at radius 2 is 1.24 bits per heavy atom. The zero-order valence-corrected chi connectivity index (χ0v) is 17.7. The van der Waals surface area contributed by atoms with E-state index >= 15 is 0 Å². The highest BCUT2D eigenvalue weighted by atomic mass is 16.4. The molecule has 152 valence electrons. The standard InChI is InChI=1S/C6H10O2.C5H10O2.2C4H11N/c1-2-3-4-5-6(7)8;1-2-3-4-5(6)7;2*1-4-5(2)3/h4-5H,2-3H2,1H3,(H,7,8);2-4H2,1H3,(H,6,7);2*4H2,1-3H3/b5-4+;;;. The molecule has 25 heavy (non-hydrogen) atoms. The van der Waals surface area contributed by atoms with Crippen molar-refractivity contribution in [3.05, 3.63) is 12.2 Å². The van der Waals surface area contributed by atoms with Gasteiger partial charge in [-0.25, -0.2) is 0 Å². The summed E-state index contributed by atoms with van der Waals surface area (Å²) in [5.41, 5.74) is 0. The highest BCUT2D eigenvalue weighted by Crippen LogP contribution is 1.89. The first-order valence-corrected chi connectivity index (χ1v) is 9.24. The van der Waals surface area contributed by atoms with E-state index in [1.165, 1.54) is 22.9 Å². The number of unbranched alkanes of at least 4 members (excludes halogenated alkanes) is 2. The summed E-state index contributed by atoms with van der Waals surface area (Å²) in [4.78, 5) is 22.3. The SMILES string of the molecule is CCC/C=C/C(=O)[O-].CCCCC(=O)[O-].CC[NH+](C)C.CC[NH+](C)C. The lowest BCUT2D eigenvalue weighted by Gasteiger charge is -1.97. The molecular weight excluding hydrogens is 320 g/mol. The highest BCUT2D eigenvalue weighted by molar-refractivity contribution is 5.77. The van der Waals surface area contributed by atoms with Crippen LogP contribution in [0.15, 0.2) is 12.2 Å². The van der Waals surface area contributed by atoms with Crippen LogP contribution in [0.2, 0.25) is 0 Å². The minimum atomic E-state index is -1.11. The Morgan fingerprint density at radius 3 is 1.40 bits per heavy atom. The molecule has 0 aromatic rings. The monoisotopic (exact) mass is 362 g/mol. The Morgan fingerprint density at radius 1 is 0.840 bits per heavy atom.